The zero-order valence-corrected chi connectivity index (χ0v) is 41.0. The Hall–Kier alpha value is -6.54. The third kappa shape index (κ3) is 13.8. The van der Waals surface area contributed by atoms with E-state index in [-0.39, 0.29) is 35.7 Å². The second-order valence-electron chi connectivity index (χ2n) is 19.6. The van der Waals surface area contributed by atoms with Crippen molar-refractivity contribution in [3.8, 4) is 0 Å². The molecule has 8 heteroatoms. The lowest BCUT2D eigenvalue weighted by Gasteiger charge is -2.36. The van der Waals surface area contributed by atoms with Crippen LogP contribution >= 0.6 is 0 Å². The molecule has 2 aliphatic heterocycles. The number of amides is 4. The first kappa shape index (κ1) is 49.9. The fourth-order valence-electron chi connectivity index (χ4n) is 10.8. The van der Waals surface area contributed by atoms with Gasteiger partial charge in [-0.3, -0.25) is 19.2 Å². The Balaban J connectivity index is 0.951. The average molecular weight is 937 g/mol. The summed E-state index contributed by atoms with van der Waals surface area (Å²) in [6.45, 7) is 0.978. The van der Waals surface area contributed by atoms with Gasteiger partial charge in [0.05, 0.1) is 0 Å². The number of rotatable bonds is 22. The second kappa shape index (κ2) is 25.9. The molecule has 0 bridgehead atoms. The third-order valence-corrected chi connectivity index (χ3v) is 14.7. The average Bonchev–Trinajstić information content (AvgIpc) is 3.41. The van der Waals surface area contributed by atoms with Gasteiger partial charge >= 0.3 is 0 Å². The molecule has 8 rings (SSSR count). The highest BCUT2D eigenvalue weighted by atomic mass is 16.2. The molecule has 70 heavy (non-hydrogen) atoms. The Bertz CT molecular complexity index is 2320. The number of fused-ring (bicyclic) bond motifs is 1. The lowest BCUT2D eigenvalue weighted by Crippen LogP contribution is -2.54. The minimum Gasteiger partial charge on any atom is -0.352 e. The van der Waals surface area contributed by atoms with Crippen molar-refractivity contribution in [1.82, 2.24) is 20.4 Å². The van der Waals surface area contributed by atoms with Gasteiger partial charge in [0.2, 0.25) is 11.8 Å². The summed E-state index contributed by atoms with van der Waals surface area (Å²) in [6.07, 6.45) is 15.6. The minimum atomic E-state index is -0.583. The zero-order chi connectivity index (χ0) is 48.3. The van der Waals surface area contributed by atoms with Crippen molar-refractivity contribution in [2.75, 3.05) is 13.1 Å². The number of aryl methyl sites for hydroxylation is 4. The first-order valence-corrected chi connectivity index (χ1v) is 26.3. The van der Waals surface area contributed by atoms with Gasteiger partial charge in [-0.15, -0.1) is 0 Å². The lowest BCUT2D eigenvalue weighted by atomic mass is 9.94. The highest BCUT2D eigenvalue weighted by Gasteiger charge is 2.36. The number of carbonyl (C=O) groups excluding carboxylic acids is 4. The standard InChI is InChI=1S/C62H72N4O4/c67-59(63-51(35-17-31-47-23-5-1-6-24-47)36-18-32-48-25-7-2-8-26-48)57-43-13-15-45-65(57)61(69)55-41-21-40-54-53(55)39-22-42-56(54)62(70)66-46-16-14-44-58(66)60(68)64-52(37-19-33-49-27-9-3-10-28-49)38-20-34-50-29-11-4-12-30-50/h1-12,21-30,39-42,51-52,57-58H,13-20,31-38,43-46H2,(H,63,67)(H,64,68)/t57-,58-/m0/s1. The molecule has 4 amide bonds. The Morgan fingerprint density at radius 3 is 1.03 bits per heavy atom. The number of piperidine rings is 2. The molecule has 2 heterocycles. The fraction of sp³-hybridized carbons (Fsp3) is 0.387. The summed E-state index contributed by atoms with van der Waals surface area (Å²) >= 11 is 0. The molecule has 0 aliphatic carbocycles. The van der Waals surface area contributed by atoms with Crippen LogP contribution in [0.5, 0.6) is 0 Å². The van der Waals surface area contributed by atoms with Gasteiger partial charge in [0.15, 0.2) is 0 Å². The van der Waals surface area contributed by atoms with Crippen molar-refractivity contribution in [2.45, 2.75) is 140 Å². The van der Waals surface area contributed by atoms with E-state index in [1.807, 2.05) is 60.7 Å². The first-order chi connectivity index (χ1) is 34.4. The molecule has 2 fully saturated rings. The summed E-state index contributed by atoms with van der Waals surface area (Å²) in [7, 11) is 0. The molecule has 364 valence electrons. The van der Waals surface area contributed by atoms with Gasteiger partial charge in [0.25, 0.3) is 11.8 Å². The van der Waals surface area contributed by atoms with Gasteiger partial charge in [-0.2, -0.15) is 0 Å². The SMILES string of the molecule is O=C(NC(CCCc1ccccc1)CCCc1ccccc1)[C@@H]1CCCCN1C(=O)c1cccc2c(C(=O)N3CCCC[C@H]3C(=O)NC(CCCc3ccccc3)CCCc3ccccc3)cccc12. The van der Waals surface area contributed by atoms with Crippen LogP contribution in [0.15, 0.2) is 158 Å². The van der Waals surface area contributed by atoms with E-state index in [1.54, 1.807) is 9.80 Å². The maximum Gasteiger partial charge on any atom is 0.255 e. The lowest BCUT2D eigenvalue weighted by molar-refractivity contribution is -0.128. The summed E-state index contributed by atoms with van der Waals surface area (Å²) < 4.78 is 0. The van der Waals surface area contributed by atoms with E-state index in [4.69, 9.17) is 0 Å². The first-order valence-electron chi connectivity index (χ1n) is 26.3. The molecular formula is C62H72N4O4. The van der Waals surface area contributed by atoms with Crippen molar-refractivity contribution in [3.05, 3.63) is 191 Å². The largest absolute Gasteiger partial charge is 0.352 e. The Labute approximate surface area is 416 Å². The normalized spacial score (nSPS) is 16.1. The Morgan fingerprint density at radius 1 is 0.400 bits per heavy atom. The van der Waals surface area contributed by atoms with Crippen molar-refractivity contribution < 1.29 is 19.2 Å². The summed E-state index contributed by atoms with van der Waals surface area (Å²) in [6, 6.07) is 52.0. The number of nitrogens with zero attached hydrogens (tertiary/aromatic N) is 2. The van der Waals surface area contributed by atoms with E-state index < -0.39 is 12.1 Å². The van der Waals surface area contributed by atoms with E-state index in [0.717, 1.165) is 103 Å². The number of likely N-dealkylation sites (tertiary alicyclic amines) is 2. The molecule has 8 nitrogen and oxygen atoms in total. The monoisotopic (exact) mass is 937 g/mol. The van der Waals surface area contributed by atoms with E-state index in [1.165, 1.54) is 22.3 Å². The maximum atomic E-state index is 14.8. The van der Waals surface area contributed by atoms with Crippen molar-refractivity contribution in [2.24, 2.45) is 0 Å². The summed E-state index contributed by atoms with van der Waals surface area (Å²) in [5, 5.41) is 8.23. The van der Waals surface area contributed by atoms with Gasteiger partial charge in [0, 0.05) is 36.3 Å². The molecule has 2 N–H and O–H groups in total. The molecule has 0 saturated carbocycles. The Morgan fingerprint density at radius 2 is 0.714 bits per heavy atom. The molecule has 2 aliphatic rings. The molecule has 2 atom stereocenters. The van der Waals surface area contributed by atoms with Crippen molar-refractivity contribution in [1.29, 1.82) is 0 Å². The number of hydrogen-bond donors (Lipinski definition) is 2. The van der Waals surface area contributed by atoms with Crippen LogP contribution in [0.3, 0.4) is 0 Å². The van der Waals surface area contributed by atoms with E-state index in [9.17, 15) is 19.2 Å². The third-order valence-electron chi connectivity index (χ3n) is 14.7. The van der Waals surface area contributed by atoms with Crippen molar-refractivity contribution in [3.63, 3.8) is 0 Å². The van der Waals surface area contributed by atoms with E-state index in [2.05, 4.69) is 108 Å². The van der Waals surface area contributed by atoms with Crippen LogP contribution in [0, 0.1) is 0 Å². The van der Waals surface area contributed by atoms with Gasteiger partial charge in [-0.25, -0.2) is 0 Å². The van der Waals surface area contributed by atoms with Crippen LogP contribution in [0.1, 0.15) is 133 Å². The molecule has 0 unspecified atom stereocenters. The van der Waals surface area contributed by atoms with Crippen LogP contribution in [0.2, 0.25) is 0 Å². The predicted octanol–water partition coefficient (Wildman–Crippen LogP) is 11.9. The molecule has 6 aromatic rings. The van der Waals surface area contributed by atoms with Crippen LogP contribution in [0.25, 0.3) is 10.8 Å². The maximum absolute atomic E-state index is 14.8. The molecular weight excluding hydrogens is 865 g/mol. The molecule has 2 saturated heterocycles. The van der Waals surface area contributed by atoms with Crippen LogP contribution < -0.4 is 10.6 Å². The van der Waals surface area contributed by atoms with E-state index in [0.29, 0.717) is 47.8 Å². The zero-order valence-electron chi connectivity index (χ0n) is 41.0. The molecule has 0 spiro atoms. The fourth-order valence-corrected chi connectivity index (χ4v) is 10.8. The number of nitrogens with one attached hydrogen (secondary N) is 2. The smallest absolute Gasteiger partial charge is 0.255 e. The molecule has 6 aromatic carbocycles. The van der Waals surface area contributed by atoms with Gasteiger partial charge in [-0.1, -0.05) is 146 Å². The quantitative estimate of drug-likeness (QED) is 0.0708. The predicted molar refractivity (Wildman–Crippen MR) is 283 cm³/mol. The topological polar surface area (TPSA) is 98.8 Å². The highest BCUT2D eigenvalue weighted by molar-refractivity contribution is 6.14. The van der Waals surface area contributed by atoms with E-state index >= 15 is 0 Å². The molecule has 0 radical (unpaired) electrons. The van der Waals surface area contributed by atoms with Crippen LogP contribution in [-0.2, 0) is 35.3 Å². The van der Waals surface area contributed by atoms with Crippen LogP contribution in [-0.4, -0.2) is 70.7 Å². The van der Waals surface area contributed by atoms with Crippen LogP contribution in [0.4, 0.5) is 0 Å². The second-order valence-corrected chi connectivity index (χ2v) is 19.6. The van der Waals surface area contributed by atoms with Gasteiger partial charge in [-0.05, 0) is 161 Å². The number of carbonyl (C=O) groups is 4. The summed E-state index contributed by atoms with van der Waals surface area (Å²) in [5.74, 6) is -0.559. The van der Waals surface area contributed by atoms with Crippen molar-refractivity contribution >= 4 is 34.4 Å². The van der Waals surface area contributed by atoms with Gasteiger partial charge in [0.1, 0.15) is 12.1 Å². The minimum absolute atomic E-state index is 0.00390. The van der Waals surface area contributed by atoms with Gasteiger partial charge < -0.3 is 20.4 Å². The molecule has 0 aromatic heterocycles. The highest BCUT2D eigenvalue weighted by Crippen LogP contribution is 2.30. The summed E-state index contributed by atoms with van der Waals surface area (Å²) in [5.41, 5.74) is 6.14. The number of benzene rings is 6. The Kier molecular flexibility index (Phi) is 18.4. The number of hydrogen-bond acceptors (Lipinski definition) is 4. The summed E-state index contributed by atoms with van der Waals surface area (Å²) in [4.78, 5) is 61.9.